The van der Waals surface area contributed by atoms with Gasteiger partial charge in [0.1, 0.15) is 11.8 Å². The third-order valence-corrected chi connectivity index (χ3v) is 5.42. The van der Waals surface area contributed by atoms with Crippen molar-refractivity contribution in [2.45, 2.75) is 46.2 Å². The average molecular weight is 370 g/mol. The molecule has 1 atom stereocenters. The molecule has 1 amide bonds. The molecule has 1 aliphatic heterocycles. The minimum Gasteiger partial charge on any atom is -0.444 e. The summed E-state index contributed by atoms with van der Waals surface area (Å²) in [4.78, 5) is 19.2. The predicted octanol–water partition coefficient (Wildman–Crippen LogP) is 2.63. The van der Waals surface area contributed by atoms with Crippen molar-refractivity contribution in [3.05, 3.63) is 52.7 Å². The van der Waals surface area contributed by atoms with Gasteiger partial charge in [0, 0.05) is 6.54 Å². The van der Waals surface area contributed by atoms with Crippen LogP contribution in [0, 0.1) is 26.7 Å². The lowest BCUT2D eigenvalue weighted by atomic mass is 9.96. The zero-order valence-corrected chi connectivity index (χ0v) is 16.5. The molecule has 0 saturated carbocycles. The summed E-state index contributed by atoms with van der Waals surface area (Å²) in [5.74, 6) is 2.07. The normalized spacial score (nSPS) is 17.0. The van der Waals surface area contributed by atoms with Crippen LogP contribution in [0.5, 0.6) is 0 Å². The number of benzene rings is 1. The molecule has 1 aliphatic rings. The highest BCUT2D eigenvalue weighted by Gasteiger charge is 2.22. The van der Waals surface area contributed by atoms with Crippen molar-refractivity contribution in [1.82, 2.24) is 15.2 Å². The topological polar surface area (TPSA) is 84.4 Å². The number of hydrogen-bond acceptors (Lipinski definition) is 5. The fourth-order valence-corrected chi connectivity index (χ4v) is 3.43. The third kappa shape index (κ3) is 5.17. The molecule has 1 saturated heterocycles. The second-order valence-corrected chi connectivity index (χ2v) is 7.60. The first-order valence-electron chi connectivity index (χ1n) is 9.67. The molecule has 146 valence electrons. The van der Waals surface area contributed by atoms with E-state index in [1.807, 2.05) is 45.0 Å². The Morgan fingerprint density at radius 2 is 1.93 bits per heavy atom. The fraction of sp³-hybridized carbons (Fsp3) is 0.524. The van der Waals surface area contributed by atoms with Crippen LogP contribution in [-0.2, 0) is 11.3 Å². The number of piperidine rings is 1. The lowest BCUT2D eigenvalue weighted by molar-refractivity contribution is -0.122. The van der Waals surface area contributed by atoms with Crippen LogP contribution in [-0.4, -0.2) is 35.4 Å². The van der Waals surface area contributed by atoms with E-state index in [1.54, 1.807) is 0 Å². The maximum atomic E-state index is 12.3. The van der Waals surface area contributed by atoms with E-state index in [0.717, 1.165) is 60.9 Å². The number of carbonyl (C=O) groups excluding carboxylic acids is 1. The highest BCUT2D eigenvalue weighted by molar-refractivity contribution is 5.82. The summed E-state index contributed by atoms with van der Waals surface area (Å²) in [7, 11) is 0. The molecule has 2 heterocycles. The van der Waals surface area contributed by atoms with E-state index in [1.165, 1.54) is 0 Å². The molecular weight excluding hydrogens is 340 g/mol. The molecule has 0 aliphatic carbocycles. The Kier molecular flexibility index (Phi) is 6.29. The zero-order chi connectivity index (χ0) is 19.4. The summed E-state index contributed by atoms with van der Waals surface area (Å²) in [6.07, 6.45) is 2.11. The van der Waals surface area contributed by atoms with E-state index in [4.69, 9.17) is 10.2 Å². The lowest BCUT2D eigenvalue weighted by Gasteiger charge is -2.31. The van der Waals surface area contributed by atoms with Crippen molar-refractivity contribution in [1.29, 1.82) is 0 Å². The number of aryl methyl sites for hydroxylation is 3. The Morgan fingerprint density at radius 3 is 2.52 bits per heavy atom. The summed E-state index contributed by atoms with van der Waals surface area (Å²) in [6.45, 7) is 9.36. The van der Waals surface area contributed by atoms with Crippen LogP contribution < -0.4 is 11.1 Å². The second kappa shape index (κ2) is 8.67. The van der Waals surface area contributed by atoms with Crippen molar-refractivity contribution < 1.29 is 9.21 Å². The molecule has 1 aromatic heterocycles. The van der Waals surface area contributed by atoms with Gasteiger partial charge in [0.2, 0.25) is 11.8 Å². The summed E-state index contributed by atoms with van der Waals surface area (Å²) in [6, 6.07) is 7.19. The van der Waals surface area contributed by atoms with Gasteiger partial charge in [0.15, 0.2) is 0 Å². The minimum absolute atomic E-state index is 0.105. The summed E-state index contributed by atoms with van der Waals surface area (Å²) < 4.78 is 5.67. The maximum absolute atomic E-state index is 12.3. The first-order valence-corrected chi connectivity index (χ1v) is 9.67. The van der Waals surface area contributed by atoms with Crippen LogP contribution in [0.4, 0.5) is 0 Å². The maximum Gasteiger partial charge on any atom is 0.241 e. The van der Waals surface area contributed by atoms with E-state index >= 15 is 0 Å². The van der Waals surface area contributed by atoms with E-state index in [9.17, 15) is 4.79 Å². The number of carbonyl (C=O) groups is 1. The van der Waals surface area contributed by atoms with E-state index in [-0.39, 0.29) is 5.91 Å². The molecular formula is C21H30N4O2. The number of rotatable bonds is 6. The number of nitrogens with one attached hydrogen (secondary N) is 1. The van der Waals surface area contributed by atoms with Crippen molar-refractivity contribution in [3.63, 3.8) is 0 Å². The first kappa shape index (κ1) is 19.6. The van der Waals surface area contributed by atoms with Gasteiger partial charge in [0.25, 0.3) is 0 Å². The summed E-state index contributed by atoms with van der Waals surface area (Å²) in [5, 5.41) is 3.03. The van der Waals surface area contributed by atoms with Crippen LogP contribution in [0.15, 0.2) is 28.7 Å². The lowest BCUT2D eigenvalue weighted by Crippen LogP contribution is -2.41. The van der Waals surface area contributed by atoms with Gasteiger partial charge >= 0.3 is 0 Å². The Labute approximate surface area is 161 Å². The van der Waals surface area contributed by atoms with Gasteiger partial charge in [-0.1, -0.05) is 29.8 Å². The van der Waals surface area contributed by atoms with Crippen LogP contribution >= 0.6 is 0 Å². The summed E-state index contributed by atoms with van der Waals surface area (Å²) in [5.41, 5.74) is 9.07. The van der Waals surface area contributed by atoms with Crippen LogP contribution in [0.3, 0.4) is 0 Å². The van der Waals surface area contributed by atoms with Gasteiger partial charge < -0.3 is 15.5 Å². The SMILES string of the molecule is Cc1ccc(C(N)C(=O)NCC2CCN(Cc3nc(C)c(C)o3)CC2)cc1. The molecule has 1 unspecified atom stereocenters. The van der Waals surface area contributed by atoms with Crippen molar-refractivity contribution in [2.24, 2.45) is 11.7 Å². The number of likely N-dealkylation sites (tertiary alicyclic amines) is 1. The predicted molar refractivity (Wildman–Crippen MR) is 105 cm³/mol. The van der Waals surface area contributed by atoms with Gasteiger partial charge in [0.05, 0.1) is 12.2 Å². The van der Waals surface area contributed by atoms with Crippen LogP contribution in [0.2, 0.25) is 0 Å². The highest BCUT2D eigenvalue weighted by Crippen LogP contribution is 2.20. The Hall–Kier alpha value is -2.18. The average Bonchev–Trinajstić information content (AvgIpc) is 2.98. The van der Waals surface area contributed by atoms with Gasteiger partial charge in [-0.3, -0.25) is 9.69 Å². The van der Waals surface area contributed by atoms with E-state index in [0.29, 0.717) is 12.5 Å². The Bertz CT molecular complexity index is 741. The van der Waals surface area contributed by atoms with Crippen molar-refractivity contribution in [3.8, 4) is 0 Å². The molecule has 3 N–H and O–H groups in total. The molecule has 1 aromatic carbocycles. The number of aromatic nitrogens is 1. The fourth-order valence-electron chi connectivity index (χ4n) is 3.43. The highest BCUT2D eigenvalue weighted by atomic mass is 16.4. The minimum atomic E-state index is -0.609. The molecule has 6 nitrogen and oxygen atoms in total. The van der Waals surface area contributed by atoms with Gasteiger partial charge in [-0.05, 0) is 58.2 Å². The molecule has 0 bridgehead atoms. The van der Waals surface area contributed by atoms with Gasteiger partial charge in [-0.2, -0.15) is 0 Å². The van der Waals surface area contributed by atoms with Crippen LogP contribution in [0.1, 0.15) is 47.4 Å². The van der Waals surface area contributed by atoms with Gasteiger partial charge in [-0.25, -0.2) is 4.98 Å². The number of nitrogens with two attached hydrogens (primary N) is 1. The Morgan fingerprint density at radius 1 is 1.26 bits per heavy atom. The van der Waals surface area contributed by atoms with Gasteiger partial charge in [-0.15, -0.1) is 0 Å². The third-order valence-electron chi connectivity index (χ3n) is 5.42. The van der Waals surface area contributed by atoms with E-state index < -0.39 is 6.04 Å². The van der Waals surface area contributed by atoms with E-state index in [2.05, 4.69) is 15.2 Å². The number of hydrogen-bond donors (Lipinski definition) is 2. The van der Waals surface area contributed by atoms with Crippen LogP contribution in [0.25, 0.3) is 0 Å². The number of oxazole rings is 1. The summed E-state index contributed by atoms with van der Waals surface area (Å²) >= 11 is 0. The molecule has 0 radical (unpaired) electrons. The second-order valence-electron chi connectivity index (χ2n) is 7.60. The quantitative estimate of drug-likeness (QED) is 0.817. The largest absolute Gasteiger partial charge is 0.444 e. The number of amides is 1. The smallest absolute Gasteiger partial charge is 0.241 e. The number of nitrogens with zero attached hydrogens (tertiary/aromatic N) is 2. The molecule has 6 heteroatoms. The Balaban J connectivity index is 1.41. The molecule has 0 spiro atoms. The molecule has 27 heavy (non-hydrogen) atoms. The first-order chi connectivity index (χ1) is 12.9. The molecule has 1 fully saturated rings. The zero-order valence-electron chi connectivity index (χ0n) is 16.5. The standard InChI is InChI=1S/C21H30N4O2/c1-14-4-6-18(7-5-14)20(22)21(26)23-12-17-8-10-25(11-9-17)13-19-24-15(2)16(3)27-19/h4-7,17,20H,8-13,22H2,1-3H3,(H,23,26). The van der Waals surface area contributed by atoms with Crippen molar-refractivity contribution in [2.75, 3.05) is 19.6 Å². The molecule has 2 aromatic rings. The monoisotopic (exact) mass is 370 g/mol. The molecule has 3 rings (SSSR count). The van der Waals surface area contributed by atoms with Crippen molar-refractivity contribution >= 4 is 5.91 Å².